The van der Waals surface area contributed by atoms with Crippen molar-refractivity contribution >= 4 is 39.6 Å². The molecule has 9 heteroatoms. The number of rotatable bonds is 7. The van der Waals surface area contributed by atoms with Crippen LogP contribution in [0.1, 0.15) is 30.5 Å². The molecule has 1 N–H and O–H groups in total. The average molecular weight is 477 g/mol. The zero-order valence-corrected chi connectivity index (χ0v) is 20.4. The standard InChI is InChI=1S/C23H29ClN4O3S/c1-16(2)28-10-9-20-18(14-28)11-19(13-22(20)32(30,31)25-15-27(3)4)26-23(29)12-17-7-5-6-8-21(17)24/h5-8,11,13,15-16H,9-10,12,14H2,1-4H3,(H,26,29)/b25-15+. The Balaban J connectivity index is 1.97. The summed E-state index contributed by atoms with van der Waals surface area (Å²) in [6, 6.07) is 10.9. The number of carbonyl (C=O) groups excluding carboxylic acids is 1. The van der Waals surface area contributed by atoms with Crippen LogP contribution in [0.15, 0.2) is 45.7 Å². The lowest BCUT2D eigenvalue weighted by Crippen LogP contribution is -2.36. The molecule has 0 radical (unpaired) electrons. The van der Waals surface area contributed by atoms with Gasteiger partial charge in [-0.15, -0.1) is 4.40 Å². The molecule has 0 saturated heterocycles. The van der Waals surface area contributed by atoms with Crippen LogP contribution in [-0.4, -0.2) is 57.1 Å². The fourth-order valence-electron chi connectivity index (χ4n) is 3.66. The molecule has 32 heavy (non-hydrogen) atoms. The van der Waals surface area contributed by atoms with E-state index < -0.39 is 10.0 Å². The van der Waals surface area contributed by atoms with Gasteiger partial charge >= 0.3 is 0 Å². The third-order valence-electron chi connectivity index (χ3n) is 5.34. The van der Waals surface area contributed by atoms with Gasteiger partial charge in [0.1, 0.15) is 6.34 Å². The van der Waals surface area contributed by atoms with Gasteiger partial charge in [0.2, 0.25) is 5.91 Å². The molecular formula is C23H29ClN4O3S. The van der Waals surface area contributed by atoms with E-state index in [2.05, 4.69) is 28.5 Å². The number of nitrogens with one attached hydrogen (secondary N) is 1. The van der Waals surface area contributed by atoms with E-state index in [0.29, 0.717) is 35.3 Å². The molecular weight excluding hydrogens is 448 g/mol. The predicted octanol–water partition coefficient (Wildman–Crippen LogP) is 3.57. The van der Waals surface area contributed by atoms with Crippen molar-refractivity contribution < 1.29 is 13.2 Å². The minimum atomic E-state index is -3.92. The number of sulfonamides is 1. The predicted molar refractivity (Wildman–Crippen MR) is 129 cm³/mol. The van der Waals surface area contributed by atoms with Crippen LogP contribution < -0.4 is 5.32 Å². The molecule has 7 nitrogen and oxygen atoms in total. The Morgan fingerprint density at radius 1 is 1.28 bits per heavy atom. The van der Waals surface area contributed by atoms with Gasteiger partial charge in [0.25, 0.3) is 10.0 Å². The topological polar surface area (TPSA) is 82.1 Å². The summed E-state index contributed by atoms with van der Waals surface area (Å²) in [5.41, 5.74) is 2.80. The van der Waals surface area contributed by atoms with Crippen LogP contribution in [-0.2, 0) is 34.2 Å². The Labute approximate surface area is 195 Å². The maximum absolute atomic E-state index is 13.0. The van der Waals surface area contributed by atoms with Crippen molar-refractivity contribution in [2.24, 2.45) is 4.40 Å². The molecule has 0 aliphatic carbocycles. The summed E-state index contributed by atoms with van der Waals surface area (Å²) >= 11 is 6.17. The Bertz CT molecular complexity index is 1130. The van der Waals surface area contributed by atoms with Crippen molar-refractivity contribution in [3.05, 3.63) is 58.1 Å². The van der Waals surface area contributed by atoms with Gasteiger partial charge < -0.3 is 10.2 Å². The largest absolute Gasteiger partial charge is 0.368 e. The summed E-state index contributed by atoms with van der Waals surface area (Å²) in [7, 11) is -0.504. The molecule has 0 spiro atoms. The summed E-state index contributed by atoms with van der Waals surface area (Å²) in [6.45, 7) is 5.60. The van der Waals surface area contributed by atoms with Crippen molar-refractivity contribution in [3.8, 4) is 0 Å². The first-order valence-electron chi connectivity index (χ1n) is 10.5. The van der Waals surface area contributed by atoms with Crippen molar-refractivity contribution in [2.75, 3.05) is 26.0 Å². The molecule has 2 aromatic rings. The highest BCUT2D eigenvalue weighted by Crippen LogP contribution is 2.31. The number of carbonyl (C=O) groups is 1. The van der Waals surface area contributed by atoms with Crippen molar-refractivity contribution in [2.45, 2.75) is 44.2 Å². The fourth-order valence-corrected chi connectivity index (χ4v) is 5.11. The van der Waals surface area contributed by atoms with Crippen LogP contribution in [0.5, 0.6) is 0 Å². The highest BCUT2D eigenvalue weighted by molar-refractivity contribution is 7.90. The average Bonchev–Trinajstić information content (AvgIpc) is 2.73. The monoisotopic (exact) mass is 476 g/mol. The Kier molecular flexibility index (Phi) is 7.59. The maximum atomic E-state index is 13.0. The molecule has 0 bridgehead atoms. The van der Waals surface area contributed by atoms with Crippen molar-refractivity contribution in [1.82, 2.24) is 9.80 Å². The summed E-state index contributed by atoms with van der Waals surface area (Å²) < 4.78 is 29.9. The van der Waals surface area contributed by atoms with Gasteiger partial charge in [0, 0.05) is 43.9 Å². The number of benzene rings is 2. The normalized spacial score (nSPS) is 14.6. The van der Waals surface area contributed by atoms with E-state index in [0.717, 1.165) is 17.7 Å². The molecule has 0 unspecified atom stereocenters. The van der Waals surface area contributed by atoms with Gasteiger partial charge in [-0.3, -0.25) is 9.69 Å². The van der Waals surface area contributed by atoms with Gasteiger partial charge in [0.15, 0.2) is 0 Å². The second kappa shape index (κ2) is 10.0. The highest BCUT2D eigenvalue weighted by atomic mass is 35.5. The van der Waals surface area contributed by atoms with E-state index in [1.807, 2.05) is 12.1 Å². The lowest BCUT2D eigenvalue weighted by Gasteiger charge is -2.33. The second-order valence-corrected chi connectivity index (χ2v) is 10.4. The molecule has 2 aromatic carbocycles. The zero-order valence-electron chi connectivity index (χ0n) is 18.8. The van der Waals surface area contributed by atoms with Crippen LogP contribution >= 0.6 is 11.6 Å². The molecule has 0 aromatic heterocycles. The number of nitrogens with zero attached hydrogens (tertiary/aromatic N) is 3. The van der Waals surface area contributed by atoms with Crippen LogP contribution in [0.25, 0.3) is 0 Å². The Morgan fingerprint density at radius 3 is 2.66 bits per heavy atom. The SMILES string of the molecule is CC(C)N1CCc2c(cc(NC(=O)Cc3ccccc3Cl)cc2S(=O)(=O)/N=C/N(C)C)C1. The number of amides is 1. The van der Waals surface area contributed by atoms with Crippen molar-refractivity contribution in [3.63, 3.8) is 0 Å². The van der Waals surface area contributed by atoms with Gasteiger partial charge in [-0.25, -0.2) is 0 Å². The van der Waals surface area contributed by atoms with Gasteiger partial charge in [-0.05, 0) is 55.2 Å². The first-order valence-corrected chi connectivity index (χ1v) is 12.3. The molecule has 3 rings (SSSR count). The third kappa shape index (κ3) is 5.88. The van der Waals surface area contributed by atoms with Crippen LogP contribution in [0.2, 0.25) is 5.02 Å². The number of anilines is 1. The minimum Gasteiger partial charge on any atom is -0.368 e. The first-order chi connectivity index (χ1) is 15.1. The highest BCUT2D eigenvalue weighted by Gasteiger charge is 2.27. The molecule has 1 aliphatic rings. The minimum absolute atomic E-state index is 0.0930. The summed E-state index contributed by atoms with van der Waals surface area (Å²) in [5.74, 6) is -0.269. The number of fused-ring (bicyclic) bond motifs is 1. The maximum Gasteiger partial charge on any atom is 0.284 e. The zero-order chi connectivity index (χ0) is 23.5. The number of hydrogen-bond donors (Lipinski definition) is 1. The lowest BCUT2D eigenvalue weighted by molar-refractivity contribution is -0.115. The molecule has 0 atom stereocenters. The number of halogens is 1. The van der Waals surface area contributed by atoms with E-state index in [4.69, 9.17) is 11.6 Å². The summed E-state index contributed by atoms with van der Waals surface area (Å²) in [6.07, 6.45) is 1.97. The molecule has 0 fully saturated rings. The fraction of sp³-hybridized carbons (Fsp3) is 0.391. The first kappa shape index (κ1) is 24.2. The Hall–Kier alpha value is -2.42. The number of hydrogen-bond acceptors (Lipinski definition) is 4. The lowest BCUT2D eigenvalue weighted by atomic mass is 9.98. The summed E-state index contributed by atoms with van der Waals surface area (Å²) in [4.78, 5) is 16.7. The van der Waals surface area contributed by atoms with E-state index in [1.54, 1.807) is 37.2 Å². The molecule has 1 amide bonds. The van der Waals surface area contributed by atoms with Crippen LogP contribution in [0.4, 0.5) is 5.69 Å². The second-order valence-electron chi connectivity index (χ2n) is 8.40. The molecule has 1 heterocycles. The van der Waals surface area contributed by atoms with E-state index >= 15 is 0 Å². The van der Waals surface area contributed by atoms with Crippen molar-refractivity contribution in [1.29, 1.82) is 0 Å². The van der Waals surface area contributed by atoms with Gasteiger partial charge in [0.05, 0.1) is 11.3 Å². The Morgan fingerprint density at radius 2 is 2.00 bits per heavy atom. The van der Waals surface area contributed by atoms with Crippen LogP contribution in [0.3, 0.4) is 0 Å². The van der Waals surface area contributed by atoms with Gasteiger partial charge in [-0.1, -0.05) is 29.8 Å². The van der Waals surface area contributed by atoms with E-state index in [1.165, 1.54) is 12.4 Å². The summed E-state index contributed by atoms with van der Waals surface area (Å²) in [5, 5.41) is 3.36. The smallest absolute Gasteiger partial charge is 0.284 e. The van der Waals surface area contributed by atoms with Crippen LogP contribution in [0, 0.1) is 0 Å². The molecule has 1 aliphatic heterocycles. The molecule has 0 saturated carbocycles. The quantitative estimate of drug-likeness (QED) is 0.488. The van der Waals surface area contributed by atoms with E-state index in [-0.39, 0.29) is 17.2 Å². The molecule has 172 valence electrons. The van der Waals surface area contributed by atoms with Gasteiger partial charge in [-0.2, -0.15) is 8.42 Å². The third-order valence-corrected chi connectivity index (χ3v) is 7.00. The van der Waals surface area contributed by atoms with E-state index in [9.17, 15) is 13.2 Å².